The molecule has 0 aliphatic carbocycles. The first-order chi connectivity index (χ1) is 14.1. The summed E-state index contributed by atoms with van der Waals surface area (Å²) in [6.07, 6.45) is -0.300. The number of aromatic nitrogens is 1. The van der Waals surface area contributed by atoms with Crippen molar-refractivity contribution in [2.24, 2.45) is 7.05 Å². The van der Waals surface area contributed by atoms with Crippen LogP contribution in [0.4, 0.5) is 0 Å². The number of aryl methyl sites for hydroxylation is 1. The highest BCUT2D eigenvalue weighted by Gasteiger charge is 2.20. The fourth-order valence-corrected chi connectivity index (χ4v) is 2.96. The third kappa shape index (κ3) is 2.08. The molecule has 0 aliphatic heterocycles. The second kappa shape index (κ2) is 5.21. The molecule has 3 nitrogen and oxygen atoms in total. The molecule has 0 bridgehead atoms. The molecule has 2 aromatic carbocycles. The van der Waals surface area contributed by atoms with Gasteiger partial charge in [-0.3, -0.25) is 0 Å². The summed E-state index contributed by atoms with van der Waals surface area (Å²) in [5.41, 5.74) is 2.36. The summed E-state index contributed by atoms with van der Waals surface area (Å²) in [5, 5.41) is 10.7. The summed E-state index contributed by atoms with van der Waals surface area (Å²) in [4.78, 5) is 0. The van der Waals surface area contributed by atoms with E-state index >= 15 is 0 Å². The van der Waals surface area contributed by atoms with E-state index in [-0.39, 0.29) is 17.9 Å². The van der Waals surface area contributed by atoms with Gasteiger partial charge in [0.2, 0.25) is 5.69 Å². The molecule has 0 N–H and O–H groups in total. The fraction of sp³-hybridized carbons (Fsp3) is 0.143. The molecule has 0 fully saturated rings. The van der Waals surface area contributed by atoms with E-state index in [0.717, 1.165) is 16.3 Å². The lowest BCUT2D eigenvalue weighted by molar-refractivity contribution is -0.660. The van der Waals surface area contributed by atoms with Crippen molar-refractivity contribution in [2.75, 3.05) is 0 Å². The summed E-state index contributed by atoms with van der Waals surface area (Å²) < 4.78 is 55.7. The topological polar surface area (TPSA) is 40.8 Å². The molecule has 0 saturated heterocycles. The summed E-state index contributed by atoms with van der Waals surface area (Å²) in [7, 11) is 1.53. The Bertz CT molecular complexity index is 1400. The minimum atomic E-state index is -2.70. The summed E-state index contributed by atoms with van der Waals surface area (Å²) in [5.74, 6) is 0. The Labute approximate surface area is 148 Å². The quantitative estimate of drug-likeness (QED) is 0.482. The van der Waals surface area contributed by atoms with Gasteiger partial charge in [-0.15, -0.1) is 0 Å². The number of nitriles is 1. The van der Waals surface area contributed by atoms with Gasteiger partial charge in [-0.25, -0.2) is 4.57 Å². The molecule has 0 atom stereocenters. The van der Waals surface area contributed by atoms with Crippen LogP contribution in [0.15, 0.2) is 53.0 Å². The summed E-state index contributed by atoms with van der Waals surface area (Å²) in [6, 6.07) is 10.1. The maximum atomic E-state index is 9.17. The molecule has 3 heteroatoms. The van der Waals surface area contributed by atoms with Gasteiger partial charge in [0, 0.05) is 27.0 Å². The van der Waals surface area contributed by atoms with Crippen LogP contribution in [0.25, 0.3) is 33.2 Å². The van der Waals surface area contributed by atoms with Gasteiger partial charge in [-0.05, 0) is 43.1 Å². The highest BCUT2D eigenvalue weighted by atomic mass is 16.3. The van der Waals surface area contributed by atoms with Crippen LogP contribution in [0.3, 0.4) is 0 Å². The molecule has 0 aliphatic rings. The van der Waals surface area contributed by atoms with Gasteiger partial charge in [-0.1, -0.05) is 12.1 Å². The fourth-order valence-electron chi connectivity index (χ4n) is 2.96. The summed E-state index contributed by atoms with van der Waals surface area (Å²) in [6.45, 7) is -0.889. The predicted octanol–water partition coefficient (Wildman–Crippen LogP) is 4.57. The Kier molecular flexibility index (Phi) is 2.01. The van der Waals surface area contributed by atoms with E-state index in [0.29, 0.717) is 22.3 Å². The van der Waals surface area contributed by atoms with Crippen LogP contribution >= 0.6 is 0 Å². The second-order valence-electron chi connectivity index (χ2n) is 5.70. The third-order valence-corrected chi connectivity index (χ3v) is 4.14. The van der Waals surface area contributed by atoms with Crippen molar-refractivity contribution in [2.45, 2.75) is 13.8 Å². The van der Waals surface area contributed by atoms with Crippen molar-refractivity contribution in [3.63, 3.8) is 0 Å². The number of pyridine rings is 1. The Hall–Kier alpha value is -3.12. The lowest BCUT2D eigenvalue weighted by Gasteiger charge is -2.06. The van der Waals surface area contributed by atoms with E-state index in [1.54, 1.807) is 18.2 Å². The van der Waals surface area contributed by atoms with E-state index in [2.05, 4.69) is 6.07 Å². The van der Waals surface area contributed by atoms with E-state index in [1.807, 2.05) is 19.1 Å². The largest absolute Gasteiger partial charge is 0.455 e. The van der Waals surface area contributed by atoms with E-state index in [4.69, 9.17) is 12.6 Å². The maximum absolute atomic E-state index is 9.17. The maximum Gasteiger partial charge on any atom is 0.216 e. The van der Waals surface area contributed by atoms with Gasteiger partial charge in [-0.2, -0.15) is 5.26 Å². The molecule has 0 saturated carbocycles. The Morgan fingerprint density at radius 2 is 2.08 bits per heavy atom. The first-order valence-corrected chi connectivity index (χ1v) is 7.42. The monoisotopic (exact) mass is 319 g/mol. The van der Waals surface area contributed by atoms with Gasteiger partial charge >= 0.3 is 0 Å². The summed E-state index contributed by atoms with van der Waals surface area (Å²) >= 11 is 0. The minimum absolute atomic E-state index is 0.199. The molecule has 0 spiro atoms. The molecule has 0 unspecified atom stereocenters. The molecule has 2 aromatic heterocycles. The van der Waals surface area contributed by atoms with Crippen LogP contribution in [-0.2, 0) is 7.05 Å². The van der Waals surface area contributed by atoms with Crippen LogP contribution in [0.2, 0.25) is 0 Å². The van der Waals surface area contributed by atoms with Gasteiger partial charge in [0.1, 0.15) is 19.6 Å². The molecule has 2 heterocycles. The Morgan fingerprint density at radius 3 is 2.88 bits per heavy atom. The number of hydrogen-bond acceptors (Lipinski definition) is 2. The van der Waals surface area contributed by atoms with E-state index < -0.39 is 18.5 Å². The van der Waals surface area contributed by atoms with Crippen molar-refractivity contribution in [3.8, 4) is 17.3 Å². The molecule has 0 amide bonds. The Morgan fingerprint density at radius 1 is 1.25 bits per heavy atom. The number of furan rings is 1. The van der Waals surface area contributed by atoms with Gasteiger partial charge in [0.25, 0.3) is 0 Å². The van der Waals surface area contributed by atoms with E-state index in [1.165, 1.54) is 11.6 Å². The smallest absolute Gasteiger partial charge is 0.216 e. The minimum Gasteiger partial charge on any atom is -0.455 e. The van der Waals surface area contributed by atoms with Crippen molar-refractivity contribution < 1.29 is 17.2 Å². The molecular weight excluding hydrogens is 296 g/mol. The first-order valence-electron chi connectivity index (χ1n) is 10.4. The third-order valence-electron chi connectivity index (χ3n) is 4.14. The zero-order valence-electron chi connectivity index (χ0n) is 19.2. The zero-order valence-corrected chi connectivity index (χ0v) is 13.2. The number of fused-ring (bicyclic) bond motifs is 3. The van der Waals surface area contributed by atoms with Crippen molar-refractivity contribution in [3.05, 3.63) is 65.3 Å². The van der Waals surface area contributed by atoms with Crippen LogP contribution in [0.1, 0.15) is 24.9 Å². The normalized spacial score (nSPS) is 15.2. The standard InChI is InChI=1S/C21H17N2O/c1-13-8-9-23(3)18(10-13)20-14(2)4-6-17-16-7-5-15(12-22)11-19(16)24-21(17)20/h4-11H,1-3H3/q+1/i1D3,8D,9D,10D. The SMILES string of the molecule is [2H]c1c(C([2H])([2H])[2H])c([2H])c(-c2c(C)ccc3c2oc2cc(C#N)ccc23)[n+](C)c1[2H]. The lowest BCUT2D eigenvalue weighted by atomic mass is 9.99. The Balaban J connectivity index is 2.18. The second-order valence-corrected chi connectivity index (χ2v) is 5.70. The molecule has 4 aromatic rings. The van der Waals surface area contributed by atoms with E-state index in [9.17, 15) is 5.26 Å². The number of nitrogens with zero attached hydrogens (tertiary/aromatic N) is 2. The molecule has 4 rings (SSSR count). The average molecular weight is 319 g/mol. The van der Waals surface area contributed by atoms with Gasteiger partial charge < -0.3 is 4.42 Å². The number of hydrogen-bond donors (Lipinski definition) is 0. The average Bonchev–Trinajstić information content (AvgIpc) is 3.04. The van der Waals surface area contributed by atoms with Crippen LogP contribution in [-0.4, -0.2) is 0 Å². The lowest BCUT2D eigenvalue weighted by Crippen LogP contribution is -2.30. The highest BCUT2D eigenvalue weighted by Crippen LogP contribution is 2.37. The molecule has 116 valence electrons. The van der Waals surface area contributed by atoms with Crippen LogP contribution in [0, 0.1) is 25.1 Å². The van der Waals surface area contributed by atoms with Gasteiger partial charge in [0.15, 0.2) is 6.17 Å². The number of rotatable bonds is 1. The predicted molar refractivity (Wildman–Crippen MR) is 94.5 cm³/mol. The molecule has 24 heavy (non-hydrogen) atoms. The zero-order chi connectivity index (χ0) is 22.0. The van der Waals surface area contributed by atoms with Crippen molar-refractivity contribution >= 4 is 21.9 Å². The van der Waals surface area contributed by atoms with Crippen molar-refractivity contribution in [1.29, 1.82) is 5.26 Å². The van der Waals surface area contributed by atoms with Crippen LogP contribution in [0.5, 0.6) is 0 Å². The molecule has 0 radical (unpaired) electrons. The molecular formula is C21H17N2O+. The highest BCUT2D eigenvalue weighted by molar-refractivity contribution is 6.09. The van der Waals surface area contributed by atoms with Crippen molar-refractivity contribution in [1.82, 2.24) is 0 Å². The first kappa shape index (κ1) is 9.24. The van der Waals surface area contributed by atoms with Crippen LogP contribution < -0.4 is 4.57 Å². The van der Waals surface area contributed by atoms with Gasteiger partial charge in [0.05, 0.1) is 19.9 Å². The number of benzene rings is 2.